The van der Waals surface area contributed by atoms with Gasteiger partial charge in [-0.3, -0.25) is 0 Å². The predicted molar refractivity (Wildman–Crippen MR) is 61.9 cm³/mol. The number of methoxy groups -OCH3 is 3. The van der Waals surface area contributed by atoms with E-state index in [0.717, 1.165) is 6.08 Å². The first-order valence-electron chi connectivity index (χ1n) is 4.80. The van der Waals surface area contributed by atoms with Crippen molar-refractivity contribution in [3.63, 3.8) is 0 Å². The van der Waals surface area contributed by atoms with Crippen LogP contribution in [0.25, 0.3) is 0 Å². The fourth-order valence-corrected chi connectivity index (χ4v) is 1.27. The molecular formula is C12H14O5. The van der Waals surface area contributed by atoms with Gasteiger partial charge in [-0.2, -0.15) is 0 Å². The third-order valence-corrected chi connectivity index (χ3v) is 2.02. The van der Waals surface area contributed by atoms with E-state index in [4.69, 9.17) is 18.9 Å². The molecular weight excluding hydrogens is 224 g/mol. The summed E-state index contributed by atoms with van der Waals surface area (Å²) in [4.78, 5) is 11.1. The minimum atomic E-state index is -0.556. The van der Waals surface area contributed by atoms with Crippen LogP contribution in [0.2, 0.25) is 0 Å². The Hall–Kier alpha value is -2.17. The number of rotatable bonds is 5. The van der Waals surface area contributed by atoms with Crippen molar-refractivity contribution in [3.8, 4) is 23.0 Å². The van der Waals surface area contributed by atoms with Gasteiger partial charge in [0.15, 0.2) is 11.5 Å². The zero-order valence-electron chi connectivity index (χ0n) is 9.98. The van der Waals surface area contributed by atoms with Crippen molar-refractivity contribution in [3.05, 3.63) is 24.8 Å². The van der Waals surface area contributed by atoms with Gasteiger partial charge in [-0.25, -0.2) is 4.79 Å². The Kier molecular flexibility index (Phi) is 4.39. The summed E-state index contributed by atoms with van der Waals surface area (Å²) < 4.78 is 20.3. The Balaban J connectivity index is 3.17. The fourth-order valence-electron chi connectivity index (χ4n) is 1.27. The molecule has 1 rings (SSSR count). The SMILES string of the molecule is C=CC(=O)Oc1cc(OC)c(OC)c(OC)c1. The zero-order valence-corrected chi connectivity index (χ0v) is 9.98. The van der Waals surface area contributed by atoms with Crippen molar-refractivity contribution in [2.45, 2.75) is 0 Å². The molecule has 0 bridgehead atoms. The van der Waals surface area contributed by atoms with Gasteiger partial charge in [-0.15, -0.1) is 0 Å². The van der Waals surface area contributed by atoms with Gasteiger partial charge in [-0.1, -0.05) is 6.58 Å². The lowest BCUT2D eigenvalue weighted by Crippen LogP contribution is -2.04. The molecule has 0 atom stereocenters. The quantitative estimate of drug-likeness (QED) is 0.445. The van der Waals surface area contributed by atoms with E-state index in [1.807, 2.05) is 0 Å². The van der Waals surface area contributed by atoms with Crippen LogP contribution in [0, 0.1) is 0 Å². The summed E-state index contributed by atoms with van der Waals surface area (Å²) in [6.07, 6.45) is 1.07. The summed E-state index contributed by atoms with van der Waals surface area (Å²) >= 11 is 0. The predicted octanol–water partition coefficient (Wildman–Crippen LogP) is 1.80. The van der Waals surface area contributed by atoms with Gasteiger partial charge in [0.1, 0.15) is 5.75 Å². The second kappa shape index (κ2) is 5.79. The largest absolute Gasteiger partial charge is 0.493 e. The number of hydrogen-bond acceptors (Lipinski definition) is 5. The van der Waals surface area contributed by atoms with Crippen LogP contribution < -0.4 is 18.9 Å². The van der Waals surface area contributed by atoms with Crippen molar-refractivity contribution < 1.29 is 23.7 Å². The number of carbonyl (C=O) groups is 1. The van der Waals surface area contributed by atoms with Gasteiger partial charge in [0.25, 0.3) is 0 Å². The molecule has 0 aliphatic carbocycles. The van der Waals surface area contributed by atoms with Crippen molar-refractivity contribution in [2.24, 2.45) is 0 Å². The molecule has 0 saturated heterocycles. The van der Waals surface area contributed by atoms with E-state index in [-0.39, 0.29) is 0 Å². The molecule has 92 valence electrons. The van der Waals surface area contributed by atoms with Gasteiger partial charge in [0.05, 0.1) is 21.3 Å². The summed E-state index contributed by atoms with van der Waals surface area (Å²) in [7, 11) is 4.46. The van der Waals surface area contributed by atoms with Crippen LogP contribution in [0.4, 0.5) is 0 Å². The molecule has 0 saturated carbocycles. The highest BCUT2D eigenvalue weighted by Gasteiger charge is 2.14. The van der Waals surface area contributed by atoms with Crippen LogP contribution in [0.3, 0.4) is 0 Å². The molecule has 0 aromatic heterocycles. The monoisotopic (exact) mass is 238 g/mol. The Labute approximate surface area is 99.5 Å². The molecule has 5 nitrogen and oxygen atoms in total. The van der Waals surface area contributed by atoms with Crippen LogP contribution in [0.5, 0.6) is 23.0 Å². The zero-order chi connectivity index (χ0) is 12.8. The summed E-state index contributed by atoms with van der Waals surface area (Å²) in [5.74, 6) is 1.01. The number of esters is 1. The number of hydrogen-bond donors (Lipinski definition) is 0. The molecule has 0 N–H and O–H groups in total. The number of carbonyl (C=O) groups excluding carboxylic acids is 1. The van der Waals surface area contributed by atoms with Crippen LogP contribution in [0.15, 0.2) is 24.8 Å². The molecule has 17 heavy (non-hydrogen) atoms. The minimum absolute atomic E-state index is 0.296. The van der Waals surface area contributed by atoms with E-state index in [1.54, 1.807) is 0 Å². The molecule has 0 radical (unpaired) electrons. The van der Waals surface area contributed by atoms with Crippen molar-refractivity contribution in [1.29, 1.82) is 0 Å². The van der Waals surface area contributed by atoms with Crippen molar-refractivity contribution in [1.82, 2.24) is 0 Å². The van der Waals surface area contributed by atoms with Gasteiger partial charge in [0.2, 0.25) is 5.75 Å². The molecule has 1 aromatic carbocycles. The molecule has 5 heteroatoms. The molecule has 0 unspecified atom stereocenters. The Morgan fingerprint density at radius 2 is 1.65 bits per heavy atom. The molecule has 0 spiro atoms. The van der Waals surface area contributed by atoms with Gasteiger partial charge in [-0.05, 0) is 0 Å². The maximum atomic E-state index is 11.1. The van der Waals surface area contributed by atoms with E-state index < -0.39 is 5.97 Å². The molecule has 0 heterocycles. The first-order valence-corrected chi connectivity index (χ1v) is 4.80. The van der Waals surface area contributed by atoms with Crippen molar-refractivity contribution >= 4 is 5.97 Å². The second-order valence-electron chi connectivity index (χ2n) is 2.99. The lowest BCUT2D eigenvalue weighted by Gasteiger charge is -2.13. The van der Waals surface area contributed by atoms with E-state index in [2.05, 4.69) is 6.58 Å². The maximum absolute atomic E-state index is 11.1. The molecule has 0 aliphatic rings. The first-order chi connectivity index (χ1) is 8.15. The van der Waals surface area contributed by atoms with E-state index in [1.165, 1.54) is 33.5 Å². The van der Waals surface area contributed by atoms with E-state index >= 15 is 0 Å². The molecule has 0 aliphatic heterocycles. The maximum Gasteiger partial charge on any atom is 0.335 e. The van der Waals surface area contributed by atoms with Crippen molar-refractivity contribution in [2.75, 3.05) is 21.3 Å². The third kappa shape index (κ3) is 2.90. The van der Waals surface area contributed by atoms with Crippen LogP contribution in [-0.4, -0.2) is 27.3 Å². The van der Waals surface area contributed by atoms with Crippen LogP contribution in [0.1, 0.15) is 0 Å². The highest BCUT2D eigenvalue weighted by molar-refractivity contribution is 5.83. The van der Waals surface area contributed by atoms with Gasteiger partial charge in [0, 0.05) is 18.2 Å². The lowest BCUT2D eigenvalue weighted by molar-refractivity contribution is -0.128. The van der Waals surface area contributed by atoms with Crippen LogP contribution in [-0.2, 0) is 4.79 Å². The normalized spacial score (nSPS) is 9.35. The fraction of sp³-hybridized carbons (Fsp3) is 0.250. The topological polar surface area (TPSA) is 54.0 Å². The Morgan fingerprint density at radius 3 is 2.00 bits per heavy atom. The smallest absolute Gasteiger partial charge is 0.335 e. The number of benzene rings is 1. The Morgan fingerprint density at radius 1 is 1.12 bits per heavy atom. The first kappa shape index (κ1) is 12.9. The average molecular weight is 238 g/mol. The highest BCUT2D eigenvalue weighted by atomic mass is 16.5. The molecule has 0 fully saturated rings. The van der Waals surface area contributed by atoms with Gasteiger partial charge < -0.3 is 18.9 Å². The lowest BCUT2D eigenvalue weighted by atomic mass is 10.2. The summed E-state index contributed by atoms with van der Waals surface area (Å²) in [5.41, 5.74) is 0. The summed E-state index contributed by atoms with van der Waals surface area (Å²) in [6.45, 7) is 3.31. The summed E-state index contributed by atoms with van der Waals surface area (Å²) in [5, 5.41) is 0. The number of ether oxygens (including phenoxy) is 4. The minimum Gasteiger partial charge on any atom is -0.493 e. The van der Waals surface area contributed by atoms with E-state index in [9.17, 15) is 4.79 Å². The molecule has 0 amide bonds. The molecule has 1 aromatic rings. The van der Waals surface area contributed by atoms with Crippen LogP contribution >= 0.6 is 0 Å². The Bertz CT molecular complexity index is 400. The second-order valence-corrected chi connectivity index (χ2v) is 2.99. The highest BCUT2D eigenvalue weighted by Crippen LogP contribution is 2.40. The average Bonchev–Trinajstić information content (AvgIpc) is 2.37. The standard InChI is InChI=1S/C12H14O5/c1-5-11(13)17-8-6-9(14-2)12(16-4)10(7-8)15-3/h5-7H,1H2,2-4H3. The summed E-state index contributed by atoms with van der Waals surface area (Å²) in [6, 6.07) is 3.06. The van der Waals surface area contributed by atoms with E-state index in [0.29, 0.717) is 23.0 Å². The van der Waals surface area contributed by atoms with Gasteiger partial charge >= 0.3 is 5.97 Å². The third-order valence-electron chi connectivity index (χ3n) is 2.02.